The predicted molar refractivity (Wildman–Crippen MR) is 92.7 cm³/mol. The van der Waals surface area contributed by atoms with Crippen molar-refractivity contribution >= 4 is 48.6 Å². The molecule has 0 aliphatic carbocycles. The van der Waals surface area contributed by atoms with E-state index in [1.54, 1.807) is 17.4 Å². The van der Waals surface area contributed by atoms with E-state index in [4.69, 9.17) is 0 Å². The summed E-state index contributed by atoms with van der Waals surface area (Å²) < 4.78 is 28.4. The minimum atomic E-state index is -3.43. The van der Waals surface area contributed by atoms with Crippen LogP contribution in [0, 0.1) is 6.92 Å². The Hall–Kier alpha value is -0.250. The number of halogens is 1. The lowest BCUT2D eigenvalue weighted by Crippen LogP contribution is -2.26. The second-order valence-corrected chi connectivity index (χ2v) is 10.1. The Bertz CT molecular complexity index is 707. The predicted octanol–water partition coefficient (Wildman–Crippen LogP) is 3.12. The normalized spacial score (nSPS) is 12.0. The van der Waals surface area contributed by atoms with Crippen molar-refractivity contribution in [2.45, 2.75) is 24.8 Å². The molecule has 0 aliphatic heterocycles. The molecule has 0 aliphatic rings. The van der Waals surface area contributed by atoms with Crippen LogP contribution < -0.4 is 10.0 Å². The number of hydrogen-bond donors (Lipinski definition) is 2. The molecular formula is C13H17BrN2O2S3. The average molecular weight is 409 g/mol. The minimum absolute atomic E-state index is 0.394. The molecule has 2 N–H and O–H groups in total. The third-order valence-corrected chi connectivity index (χ3v) is 7.31. The Balaban J connectivity index is 2.01. The van der Waals surface area contributed by atoms with E-state index in [-0.39, 0.29) is 0 Å². The lowest BCUT2D eigenvalue weighted by atomic mass is 10.3. The van der Waals surface area contributed by atoms with Gasteiger partial charge in [-0.15, -0.1) is 22.7 Å². The zero-order chi connectivity index (χ0) is 15.5. The molecule has 0 bridgehead atoms. The molecule has 2 aromatic heterocycles. The maximum atomic E-state index is 12.3. The standard InChI is InChI=1S/C13H17BrN2O2S3/c1-9-12(7-11(19-9)8-15-2)21(17,18)16-6-5-10-3-4-13(14)20-10/h3-4,7,15-16H,5-6,8H2,1-2H3. The molecule has 2 aromatic rings. The fraction of sp³-hybridized carbons (Fsp3) is 0.385. The Morgan fingerprint density at radius 2 is 2.00 bits per heavy atom. The van der Waals surface area contributed by atoms with Gasteiger partial charge in [0.25, 0.3) is 0 Å². The fourth-order valence-corrected chi connectivity index (χ4v) is 6.08. The van der Waals surface area contributed by atoms with Crippen molar-refractivity contribution in [3.05, 3.63) is 36.6 Å². The Morgan fingerprint density at radius 3 is 2.62 bits per heavy atom. The van der Waals surface area contributed by atoms with Gasteiger partial charge in [0.2, 0.25) is 10.0 Å². The van der Waals surface area contributed by atoms with Gasteiger partial charge in [0.15, 0.2) is 0 Å². The molecule has 116 valence electrons. The average Bonchev–Trinajstić information content (AvgIpc) is 2.96. The summed E-state index contributed by atoms with van der Waals surface area (Å²) >= 11 is 6.54. The number of rotatable bonds is 7. The topological polar surface area (TPSA) is 58.2 Å². The first-order chi connectivity index (χ1) is 9.92. The van der Waals surface area contributed by atoms with Crippen LogP contribution in [0.1, 0.15) is 14.6 Å². The van der Waals surface area contributed by atoms with Gasteiger partial charge >= 0.3 is 0 Å². The SMILES string of the molecule is CNCc1cc(S(=O)(=O)NCCc2ccc(Br)s2)c(C)s1. The molecule has 0 atom stereocenters. The van der Waals surface area contributed by atoms with Crippen molar-refractivity contribution in [1.29, 1.82) is 0 Å². The van der Waals surface area contributed by atoms with E-state index in [0.29, 0.717) is 24.4 Å². The van der Waals surface area contributed by atoms with Gasteiger partial charge in [-0.2, -0.15) is 0 Å². The molecule has 2 rings (SSSR count). The monoisotopic (exact) mass is 408 g/mol. The van der Waals surface area contributed by atoms with E-state index >= 15 is 0 Å². The zero-order valence-electron chi connectivity index (χ0n) is 11.8. The molecule has 0 amide bonds. The summed E-state index contributed by atoms with van der Waals surface area (Å²) in [5.41, 5.74) is 0. The third-order valence-electron chi connectivity index (χ3n) is 2.86. The van der Waals surface area contributed by atoms with E-state index in [9.17, 15) is 8.42 Å². The highest BCUT2D eigenvalue weighted by molar-refractivity contribution is 9.11. The van der Waals surface area contributed by atoms with Crippen molar-refractivity contribution in [1.82, 2.24) is 10.0 Å². The molecule has 0 saturated heterocycles. The van der Waals surface area contributed by atoms with Gasteiger partial charge in [-0.1, -0.05) is 0 Å². The molecule has 0 aromatic carbocycles. The van der Waals surface area contributed by atoms with E-state index < -0.39 is 10.0 Å². The summed E-state index contributed by atoms with van der Waals surface area (Å²) in [7, 11) is -1.58. The van der Waals surface area contributed by atoms with Gasteiger partial charge in [0.1, 0.15) is 0 Å². The van der Waals surface area contributed by atoms with E-state index in [1.165, 1.54) is 11.3 Å². The van der Waals surface area contributed by atoms with Crippen molar-refractivity contribution < 1.29 is 8.42 Å². The van der Waals surface area contributed by atoms with Gasteiger partial charge in [-0.05, 0) is 54.5 Å². The van der Waals surface area contributed by atoms with Crippen molar-refractivity contribution in [3.8, 4) is 0 Å². The van der Waals surface area contributed by atoms with Crippen LogP contribution >= 0.6 is 38.6 Å². The number of aryl methyl sites for hydroxylation is 1. The highest BCUT2D eigenvalue weighted by Crippen LogP contribution is 2.26. The maximum Gasteiger partial charge on any atom is 0.241 e. The van der Waals surface area contributed by atoms with E-state index in [1.807, 2.05) is 26.1 Å². The van der Waals surface area contributed by atoms with Crippen LogP contribution in [0.15, 0.2) is 26.9 Å². The Morgan fingerprint density at radius 1 is 1.24 bits per heavy atom. The van der Waals surface area contributed by atoms with Crippen LogP contribution in [-0.4, -0.2) is 22.0 Å². The van der Waals surface area contributed by atoms with Crippen molar-refractivity contribution in [2.24, 2.45) is 0 Å². The molecule has 8 heteroatoms. The molecule has 0 spiro atoms. The first-order valence-corrected chi connectivity index (χ1v) is 10.3. The summed E-state index contributed by atoms with van der Waals surface area (Å²) in [5.74, 6) is 0. The van der Waals surface area contributed by atoms with Crippen molar-refractivity contribution in [3.63, 3.8) is 0 Å². The third kappa shape index (κ3) is 4.61. The largest absolute Gasteiger partial charge is 0.315 e. The number of nitrogens with one attached hydrogen (secondary N) is 2. The first kappa shape index (κ1) is 17.1. The van der Waals surface area contributed by atoms with Gasteiger partial charge in [-0.25, -0.2) is 13.1 Å². The number of sulfonamides is 1. The summed E-state index contributed by atoms with van der Waals surface area (Å²) in [6, 6.07) is 5.73. The summed E-state index contributed by atoms with van der Waals surface area (Å²) in [5, 5.41) is 3.04. The van der Waals surface area contributed by atoms with Crippen LogP contribution in [0.25, 0.3) is 0 Å². The quantitative estimate of drug-likeness (QED) is 0.739. The lowest BCUT2D eigenvalue weighted by molar-refractivity contribution is 0.581. The number of hydrogen-bond acceptors (Lipinski definition) is 5. The highest BCUT2D eigenvalue weighted by atomic mass is 79.9. The van der Waals surface area contributed by atoms with Crippen LogP contribution in [0.2, 0.25) is 0 Å². The highest BCUT2D eigenvalue weighted by Gasteiger charge is 2.19. The molecule has 0 fully saturated rings. The second kappa shape index (κ2) is 7.34. The first-order valence-electron chi connectivity index (χ1n) is 6.40. The minimum Gasteiger partial charge on any atom is -0.315 e. The molecule has 4 nitrogen and oxygen atoms in total. The zero-order valence-corrected chi connectivity index (χ0v) is 15.8. The van der Waals surface area contributed by atoms with Crippen LogP contribution in [0.4, 0.5) is 0 Å². The molecule has 0 radical (unpaired) electrons. The fourth-order valence-electron chi connectivity index (χ4n) is 1.92. The lowest BCUT2D eigenvalue weighted by Gasteiger charge is -2.05. The summed E-state index contributed by atoms with van der Waals surface area (Å²) in [6.45, 7) is 2.94. The van der Waals surface area contributed by atoms with Crippen LogP contribution in [0.3, 0.4) is 0 Å². The van der Waals surface area contributed by atoms with Gasteiger partial charge in [0.05, 0.1) is 8.68 Å². The maximum absolute atomic E-state index is 12.3. The van der Waals surface area contributed by atoms with Crippen molar-refractivity contribution in [2.75, 3.05) is 13.6 Å². The summed E-state index contributed by atoms with van der Waals surface area (Å²) in [4.78, 5) is 3.40. The van der Waals surface area contributed by atoms with Crippen LogP contribution in [0.5, 0.6) is 0 Å². The van der Waals surface area contributed by atoms with Gasteiger partial charge in [0, 0.05) is 27.7 Å². The molecule has 2 heterocycles. The second-order valence-electron chi connectivity index (χ2n) is 4.52. The van der Waals surface area contributed by atoms with Gasteiger partial charge in [-0.3, -0.25) is 0 Å². The summed E-state index contributed by atoms with van der Waals surface area (Å²) in [6.07, 6.45) is 0.696. The Labute approximate surface area is 141 Å². The molecule has 0 unspecified atom stereocenters. The van der Waals surface area contributed by atoms with Crippen LogP contribution in [-0.2, 0) is 23.0 Å². The Kier molecular flexibility index (Phi) is 5.98. The van der Waals surface area contributed by atoms with Gasteiger partial charge < -0.3 is 5.32 Å². The molecule has 0 saturated carbocycles. The number of thiophene rings is 2. The molecule has 21 heavy (non-hydrogen) atoms. The smallest absolute Gasteiger partial charge is 0.241 e. The van der Waals surface area contributed by atoms with E-state index in [2.05, 4.69) is 26.0 Å². The molecular weight excluding hydrogens is 392 g/mol. The van der Waals surface area contributed by atoms with E-state index in [0.717, 1.165) is 18.4 Å².